The third kappa shape index (κ3) is 17.7. The molecule has 0 radical (unpaired) electrons. The second kappa shape index (κ2) is 13.9. The standard InChI is InChI=1S/C15H28INO6/c1-15(2,3)23-14(19)4-6-20-8-10-22-11-9-21-7-5-17-13(18)12-16/h4-12H2,1-3H3,(H,17,18). The molecule has 0 aromatic heterocycles. The van der Waals surface area contributed by atoms with Crippen LogP contribution < -0.4 is 5.32 Å². The number of ether oxygens (including phenoxy) is 4. The Morgan fingerprint density at radius 1 is 0.913 bits per heavy atom. The molecule has 0 aliphatic rings. The molecule has 0 aliphatic heterocycles. The molecule has 7 nitrogen and oxygen atoms in total. The van der Waals surface area contributed by atoms with Gasteiger partial charge in [0, 0.05) is 6.54 Å². The fourth-order valence-corrected chi connectivity index (χ4v) is 1.67. The molecule has 1 amide bonds. The Bertz CT molecular complexity index is 332. The molecule has 1 N–H and O–H groups in total. The predicted molar refractivity (Wildman–Crippen MR) is 94.8 cm³/mol. The summed E-state index contributed by atoms with van der Waals surface area (Å²) in [7, 11) is 0. The maximum Gasteiger partial charge on any atom is 0.308 e. The van der Waals surface area contributed by atoms with Gasteiger partial charge in [-0.3, -0.25) is 9.59 Å². The molecular weight excluding hydrogens is 417 g/mol. The van der Waals surface area contributed by atoms with Gasteiger partial charge in [0.2, 0.25) is 5.91 Å². The summed E-state index contributed by atoms with van der Waals surface area (Å²) in [4.78, 5) is 22.3. The molecule has 0 aromatic rings. The van der Waals surface area contributed by atoms with E-state index in [0.717, 1.165) is 0 Å². The first-order chi connectivity index (χ1) is 10.8. The SMILES string of the molecule is CC(C)(C)OC(=O)CCOCCOCCOCCNC(=O)CI. The summed E-state index contributed by atoms with van der Waals surface area (Å²) in [5.74, 6) is -0.254. The zero-order chi connectivity index (χ0) is 17.6. The van der Waals surface area contributed by atoms with Gasteiger partial charge in [-0.05, 0) is 20.8 Å². The van der Waals surface area contributed by atoms with Gasteiger partial charge in [0.25, 0.3) is 0 Å². The van der Waals surface area contributed by atoms with Crippen molar-refractivity contribution in [1.29, 1.82) is 0 Å². The molecule has 23 heavy (non-hydrogen) atoms. The number of nitrogens with one attached hydrogen (secondary N) is 1. The van der Waals surface area contributed by atoms with Gasteiger partial charge in [-0.2, -0.15) is 0 Å². The number of rotatable bonds is 13. The lowest BCUT2D eigenvalue weighted by molar-refractivity contribution is -0.156. The molecule has 0 atom stereocenters. The summed E-state index contributed by atoms with van der Waals surface area (Å²) in [6.07, 6.45) is 0.239. The minimum atomic E-state index is -0.459. The highest BCUT2D eigenvalue weighted by Gasteiger charge is 2.15. The second-order valence-corrected chi connectivity index (χ2v) is 6.42. The van der Waals surface area contributed by atoms with Gasteiger partial charge in [-0.25, -0.2) is 0 Å². The van der Waals surface area contributed by atoms with Crippen LogP contribution in [0.4, 0.5) is 0 Å². The number of amides is 1. The number of carbonyl (C=O) groups is 2. The van der Waals surface area contributed by atoms with Crippen LogP contribution in [0, 0.1) is 0 Å². The van der Waals surface area contributed by atoms with E-state index in [4.69, 9.17) is 18.9 Å². The van der Waals surface area contributed by atoms with Crippen molar-refractivity contribution in [3.8, 4) is 0 Å². The van der Waals surface area contributed by atoms with E-state index in [9.17, 15) is 9.59 Å². The van der Waals surface area contributed by atoms with Crippen molar-refractivity contribution < 1.29 is 28.5 Å². The molecule has 0 rings (SSSR count). The van der Waals surface area contributed by atoms with Crippen LogP contribution in [-0.2, 0) is 28.5 Å². The Morgan fingerprint density at radius 2 is 1.43 bits per heavy atom. The predicted octanol–water partition coefficient (Wildman–Crippen LogP) is 1.32. The van der Waals surface area contributed by atoms with Crippen LogP contribution >= 0.6 is 22.6 Å². The number of esters is 1. The summed E-state index contributed by atoms with van der Waals surface area (Å²) >= 11 is 2.00. The van der Waals surface area contributed by atoms with Gasteiger partial charge in [-0.15, -0.1) is 0 Å². The van der Waals surface area contributed by atoms with Gasteiger partial charge in [-0.1, -0.05) is 22.6 Å². The number of carbonyl (C=O) groups excluding carboxylic acids is 2. The van der Waals surface area contributed by atoms with E-state index in [1.54, 1.807) is 0 Å². The van der Waals surface area contributed by atoms with Crippen LogP contribution in [0.2, 0.25) is 0 Å². The Labute approximate surface area is 151 Å². The maximum atomic E-state index is 11.4. The zero-order valence-electron chi connectivity index (χ0n) is 14.2. The van der Waals surface area contributed by atoms with Gasteiger partial charge in [0.05, 0.1) is 50.5 Å². The van der Waals surface area contributed by atoms with Crippen LogP contribution in [0.5, 0.6) is 0 Å². The Kier molecular flexibility index (Phi) is 13.7. The fraction of sp³-hybridized carbons (Fsp3) is 0.867. The normalized spacial score (nSPS) is 11.3. The molecule has 136 valence electrons. The molecule has 0 heterocycles. The van der Waals surface area contributed by atoms with Crippen molar-refractivity contribution in [3.05, 3.63) is 0 Å². The topological polar surface area (TPSA) is 83.1 Å². The van der Waals surface area contributed by atoms with Crippen molar-refractivity contribution >= 4 is 34.5 Å². The average molecular weight is 445 g/mol. The third-order valence-corrected chi connectivity index (χ3v) is 3.00. The minimum absolute atomic E-state index is 0.00832. The third-order valence-electron chi connectivity index (χ3n) is 2.30. The van der Waals surface area contributed by atoms with E-state index >= 15 is 0 Å². The molecule has 8 heteroatoms. The number of hydrogen-bond acceptors (Lipinski definition) is 6. The van der Waals surface area contributed by atoms with Crippen molar-refractivity contribution in [2.24, 2.45) is 0 Å². The highest BCUT2D eigenvalue weighted by Crippen LogP contribution is 2.07. The molecule has 0 saturated carbocycles. The van der Waals surface area contributed by atoms with Crippen molar-refractivity contribution in [2.75, 3.05) is 50.6 Å². The lowest BCUT2D eigenvalue weighted by Crippen LogP contribution is -2.28. The lowest BCUT2D eigenvalue weighted by atomic mass is 10.2. The van der Waals surface area contributed by atoms with Crippen LogP contribution in [0.1, 0.15) is 27.2 Å². The average Bonchev–Trinajstić information content (AvgIpc) is 2.46. The molecule has 0 unspecified atom stereocenters. The number of alkyl halides is 1. The van der Waals surface area contributed by atoms with Crippen LogP contribution in [-0.4, -0.2) is 68.1 Å². The van der Waals surface area contributed by atoms with Crippen LogP contribution in [0.25, 0.3) is 0 Å². The first-order valence-electron chi connectivity index (χ1n) is 7.63. The van der Waals surface area contributed by atoms with E-state index < -0.39 is 5.60 Å². The largest absolute Gasteiger partial charge is 0.460 e. The lowest BCUT2D eigenvalue weighted by Gasteiger charge is -2.19. The van der Waals surface area contributed by atoms with E-state index in [0.29, 0.717) is 50.6 Å². The van der Waals surface area contributed by atoms with Crippen LogP contribution in [0.3, 0.4) is 0 Å². The van der Waals surface area contributed by atoms with Crippen LogP contribution in [0.15, 0.2) is 0 Å². The van der Waals surface area contributed by atoms with Crippen molar-refractivity contribution in [2.45, 2.75) is 32.8 Å². The van der Waals surface area contributed by atoms with Gasteiger partial charge < -0.3 is 24.3 Å². The highest BCUT2D eigenvalue weighted by molar-refractivity contribution is 14.1. The van der Waals surface area contributed by atoms with E-state index in [1.807, 2.05) is 43.4 Å². The molecule has 0 saturated heterocycles. The number of halogens is 1. The molecule has 0 fully saturated rings. The Balaban J connectivity index is 3.22. The van der Waals surface area contributed by atoms with E-state index in [-0.39, 0.29) is 18.3 Å². The first kappa shape index (κ1) is 22.6. The van der Waals surface area contributed by atoms with E-state index in [2.05, 4.69) is 5.32 Å². The van der Waals surface area contributed by atoms with Crippen molar-refractivity contribution in [1.82, 2.24) is 5.32 Å². The van der Waals surface area contributed by atoms with Crippen molar-refractivity contribution in [3.63, 3.8) is 0 Å². The van der Waals surface area contributed by atoms with Gasteiger partial charge in [0.15, 0.2) is 0 Å². The zero-order valence-corrected chi connectivity index (χ0v) is 16.3. The Morgan fingerprint density at radius 3 is 1.96 bits per heavy atom. The van der Waals surface area contributed by atoms with Gasteiger partial charge >= 0.3 is 5.97 Å². The van der Waals surface area contributed by atoms with Gasteiger partial charge in [0.1, 0.15) is 5.60 Å². The monoisotopic (exact) mass is 445 g/mol. The summed E-state index contributed by atoms with van der Waals surface area (Å²) in [5.41, 5.74) is -0.459. The summed E-state index contributed by atoms with van der Waals surface area (Å²) in [5, 5.41) is 2.71. The summed E-state index contributed by atoms with van der Waals surface area (Å²) in [6, 6.07) is 0. The minimum Gasteiger partial charge on any atom is -0.460 e. The smallest absolute Gasteiger partial charge is 0.308 e. The quantitative estimate of drug-likeness (QED) is 0.199. The molecular formula is C15H28INO6. The van der Waals surface area contributed by atoms with E-state index in [1.165, 1.54) is 0 Å². The highest BCUT2D eigenvalue weighted by atomic mass is 127. The fourth-order valence-electron chi connectivity index (χ4n) is 1.40. The second-order valence-electron chi connectivity index (χ2n) is 5.66. The molecule has 0 spiro atoms. The molecule has 0 bridgehead atoms. The molecule has 0 aromatic carbocycles. The first-order valence-corrected chi connectivity index (χ1v) is 9.15. The number of hydrogen-bond donors (Lipinski definition) is 1. The maximum absolute atomic E-state index is 11.4. The Hall–Kier alpha value is -0.450. The summed E-state index contributed by atoms with van der Waals surface area (Å²) in [6.45, 7) is 8.61. The summed E-state index contributed by atoms with van der Waals surface area (Å²) < 4.78 is 21.5. The molecule has 0 aliphatic carbocycles.